The monoisotopic (exact) mass is 410 g/mol. The van der Waals surface area contributed by atoms with E-state index in [-0.39, 0.29) is 6.10 Å². The summed E-state index contributed by atoms with van der Waals surface area (Å²) in [7, 11) is 4.07. The van der Waals surface area contributed by atoms with Crippen LogP contribution in [-0.4, -0.2) is 54.4 Å². The lowest BCUT2D eigenvalue weighted by molar-refractivity contribution is 0.126. The molecule has 0 unspecified atom stereocenters. The van der Waals surface area contributed by atoms with Gasteiger partial charge in [0.15, 0.2) is 0 Å². The zero-order valence-corrected chi connectivity index (χ0v) is 18.1. The lowest BCUT2D eigenvalue weighted by atomic mass is 9.90. The van der Waals surface area contributed by atoms with E-state index in [1.54, 1.807) is 0 Å². The van der Waals surface area contributed by atoms with E-state index in [9.17, 15) is 5.11 Å². The van der Waals surface area contributed by atoms with Crippen LogP contribution in [0.25, 0.3) is 0 Å². The fourth-order valence-electron chi connectivity index (χ4n) is 4.40. The second-order valence-electron chi connectivity index (χ2n) is 8.74. The predicted molar refractivity (Wildman–Crippen MR) is 123 cm³/mol. The minimum Gasteiger partial charge on any atom is -0.393 e. The molecular formula is C23H34N6O. The van der Waals surface area contributed by atoms with E-state index in [1.807, 2.05) is 32.4 Å². The van der Waals surface area contributed by atoms with Gasteiger partial charge in [0.25, 0.3) is 0 Å². The van der Waals surface area contributed by atoms with Crippen LogP contribution >= 0.6 is 0 Å². The molecule has 0 amide bonds. The van der Waals surface area contributed by atoms with Crippen LogP contribution in [-0.2, 0) is 0 Å². The number of hydrogen-bond acceptors (Lipinski definition) is 7. The molecule has 1 aliphatic heterocycles. The first-order chi connectivity index (χ1) is 14.6. The third-order valence-electron chi connectivity index (χ3n) is 6.25. The molecule has 0 atom stereocenters. The first-order valence-corrected chi connectivity index (χ1v) is 11.1. The fourth-order valence-corrected chi connectivity index (χ4v) is 4.40. The van der Waals surface area contributed by atoms with E-state index in [4.69, 9.17) is 4.98 Å². The number of aromatic nitrogens is 2. The van der Waals surface area contributed by atoms with Gasteiger partial charge in [-0.25, -0.2) is 4.98 Å². The first-order valence-electron chi connectivity index (χ1n) is 11.1. The number of nitrogens with zero attached hydrogens (tertiary/aromatic N) is 3. The van der Waals surface area contributed by atoms with Crippen LogP contribution in [0.15, 0.2) is 30.5 Å². The smallest absolute Gasteiger partial charge is 0.229 e. The van der Waals surface area contributed by atoms with Crippen molar-refractivity contribution in [2.45, 2.75) is 56.6 Å². The molecule has 1 aromatic carbocycles. The summed E-state index contributed by atoms with van der Waals surface area (Å²) in [5.41, 5.74) is 3.32. The Balaban J connectivity index is 1.56. The van der Waals surface area contributed by atoms with Gasteiger partial charge in [-0.3, -0.25) is 0 Å². The third kappa shape index (κ3) is 5.21. The Hall–Kier alpha value is -2.38. The summed E-state index contributed by atoms with van der Waals surface area (Å²) < 4.78 is 0. The highest BCUT2D eigenvalue weighted by atomic mass is 16.3. The van der Waals surface area contributed by atoms with Crippen LogP contribution in [0.5, 0.6) is 0 Å². The second kappa shape index (κ2) is 9.62. The SMILES string of the molecule is CN(C)c1cccc(Nc2ncc(C3CCNCC3)c(NC3CCC(O)CC3)n2)c1. The van der Waals surface area contributed by atoms with Crippen LogP contribution in [0.3, 0.4) is 0 Å². The molecule has 2 fully saturated rings. The van der Waals surface area contributed by atoms with Gasteiger partial charge in [0.05, 0.1) is 6.10 Å². The van der Waals surface area contributed by atoms with Crippen molar-refractivity contribution in [3.8, 4) is 0 Å². The average molecular weight is 411 g/mol. The van der Waals surface area contributed by atoms with Crippen molar-refractivity contribution in [1.82, 2.24) is 15.3 Å². The highest BCUT2D eigenvalue weighted by Crippen LogP contribution is 2.32. The number of benzene rings is 1. The summed E-state index contributed by atoms with van der Waals surface area (Å²) in [5, 5.41) is 20.4. The molecule has 4 N–H and O–H groups in total. The van der Waals surface area contributed by atoms with Gasteiger partial charge in [-0.2, -0.15) is 4.98 Å². The molecule has 2 aliphatic rings. The van der Waals surface area contributed by atoms with Gasteiger partial charge >= 0.3 is 0 Å². The second-order valence-corrected chi connectivity index (χ2v) is 8.74. The minimum atomic E-state index is -0.154. The first kappa shape index (κ1) is 20.9. The molecule has 162 valence electrons. The highest BCUT2D eigenvalue weighted by molar-refractivity contribution is 5.63. The maximum Gasteiger partial charge on any atom is 0.229 e. The lowest BCUT2D eigenvalue weighted by Gasteiger charge is -2.29. The molecule has 2 heterocycles. The van der Waals surface area contributed by atoms with E-state index < -0.39 is 0 Å². The molecule has 1 aliphatic carbocycles. The van der Waals surface area contributed by atoms with E-state index in [0.717, 1.165) is 68.8 Å². The molecule has 0 radical (unpaired) electrons. The van der Waals surface area contributed by atoms with Gasteiger partial charge in [0.1, 0.15) is 5.82 Å². The number of rotatable bonds is 6. The normalized spacial score (nSPS) is 22.5. The molecule has 7 nitrogen and oxygen atoms in total. The Bertz CT molecular complexity index is 828. The summed E-state index contributed by atoms with van der Waals surface area (Å²) in [4.78, 5) is 11.6. The molecule has 30 heavy (non-hydrogen) atoms. The molecule has 0 bridgehead atoms. The van der Waals surface area contributed by atoms with Gasteiger partial charge in [-0.05, 0) is 75.7 Å². The molecule has 1 saturated carbocycles. The zero-order chi connectivity index (χ0) is 20.9. The Kier molecular flexibility index (Phi) is 6.69. The van der Waals surface area contributed by atoms with Gasteiger partial charge in [-0.15, -0.1) is 0 Å². The maximum atomic E-state index is 9.85. The molecule has 7 heteroatoms. The maximum absolute atomic E-state index is 9.85. The third-order valence-corrected chi connectivity index (χ3v) is 6.25. The van der Waals surface area contributed by atoms with Crippen molar-refractivity contribution in [3.05, 3.63) is 36.0 Å². The molecule has 1 saturated heterocycles. The minimum absolute atomic E-state index is 0.154. The lowest BCUT2D eigenvalue weighted by Crippen LogP contribution is -2.30. The van der Waals surface area contributed by atoms with Crippen LogP contribution in [0.2, 0.25) is 0 Å². The van der Waals surface area contributed by atoms with Crippen LogP contribution in [0.1, 0.15) is 50.0 Å². The van der Waals surface area contributed by atoms with E-state index >= 15 is 0 Å². The Labute approximate surface area is 179 Å². The number of nitrogens with one attached hydrogen (secondary N) is 3. The molecular weight excluding hydrogens is 376 g/mol. The summed E-state index contributed by atoms with van der Waals surface area (Å²) in [6, 6.07) is 8.60. The fraction of sp³-hybridized carbons (Fsp3) is 0.565. The van der Waals surface area contributed by atoms with Crippen molar-refractivity contribution < 1.29 is 5.11 Å². The van der Waals surface area contributed by atoms with Crippen molar-refractivity contribution in [3.63, 3.8) is 0 Å². The van der Waals surface area contributed by atoms with Crippen LogP contribution in [0.4, 0.5) is 23.1 Å². The van der Waals surface area contributed by atoms with Crippen molar-refractivity contribution >= 4 is 23.1 Å². The standard InChI is InChI=1S/C23H34N6O/c1-29(2)19-5-3-4-18(14-19)27-23-25-15-21(16-10-12-24-13-11-16)22(28-23)26-17-6-8-20(30)9-7-17/h3-5,14-17,20,24,30H,6-13H2,1-2H3,(H2,25,26,27,28). The summed E-state index contributed by atoms with van der Waals surface area (Å²) in [6.07, 6.45) is 7.73. The molecule has 4 rings (SSSR count). The predicted octanol–water partition coefficient (Wildman–Crippen LogP) is 3.47. The van der Waals surface area contributed by atoms with Gasteiger partial charge in [0, 0.05) is 43.3 Å². The number of anilines is 4. The summed E-state index contributed by atoms with van der Waals surface area (Å²) in [5.74, 6) is 2.04. The molecule has 0 spiro atoms. The summed E-state index contributed by atoms with van der Waals surface area (Å²) in [6.45, 7) is 2.08. The van der Waals surface area contributed by atoms with Crippen LogP contribution < -0.4 is 20.9 Å². The average Bonchev–Trinajstić information content (AvgIpc) is 2.76. The van der Waals surface area contributed by atoms with Crippen molar-refractivity contribution in [1.29, 1.82) is 0 Å². The van der Waals surface area contributed by atoms with E-state index in [1.165, 1.54) is 5.56 Å². The van der Waals surface area contributed by atoms with Gasteiger partial charge in [0.2, 0.25) is 5.95 Å². The number of hydrogen-bond donors (Lipinski definition) is 4. The number of piperidine rings is 1. The quantitative estimate of drug-likeness (QED) is 0.580. The number of aliphatic hydroxyl groups excluding tert-OH is 1. The van der Waals surface area contributed by atoms with Gasteiger partial charge < -0.3 is 26.0 Å². The zero-order valence-electron chi connectivity index (χ0n) is 18.1. The van der Waals surface area contributed by atoms with E-state index in [0.29, 0.717) is 17.9 Å². The topological polar surface area (TPSA) is 85.3 Å². The van der Waals surface area contributed by atoms with Crippen molar-refractivity contribution in [2.24, 2.45) is 0 Å². The highest BCUT2D eigenvalue weighted by Gasteiger charge is 2.24. The number of aliphatic hydroxyl groups is 1. The molecule has 2 aromatic rings. The van der Waals surface area contributed by atoms with Gasteiger partial charge in [-0.1, -0.05) is 6.07 Å². The van der Waals surface area contributed by atoms with E-state index in [2.05, 4.69) is 38.0 Å². The Morgan fingerprint density at radius 3 is 2.57 bits per heavy atom. The largest absolute Gasteiger partial charge is 0.393 e. The Morgan fingerprint density at radius 2 is 1.83 bits per heavy atom. The van der Waals surface area contributed by atoms with Crippen molar-refractivity contribution in [2.75, 3.05) is 42.7 Å². The van der Waals surface area contributed by atoms with Crippen LogP contribution in [0, 0.1) is 0 Å². The molecule has 1 aromatic heterocycles. The summed E-state index contributed by atoms with van der Waals surface area (Å²) >= 11 is 0. The Morgan fingerprint density at radius 1 is 1.07 bits per heavy atom.